The summed E-state index contributed by atoms with van der Waals surface area (Å²) in [6, 6.07) is 8.18. The summed E-state index contributed by atoms with van der Waals surface area (Å²) in [5.74, 6) is 1.11. The molecule has 0 saturated heterocycles. The summed E-state index contributed by atoms with van der Waals surface area (Å²) in [6.45, 7) is 3.73. The van der Waals surface area contributed by atoms with Crippen molar-refractivity contribution in [2.75, 3.05) is 0 Å². The molecule has 1 aromatic heterocycles. The number of unbranched alkanes of at least 4 members (excludes halogenated alkanes) is 3. The zero-order valence-electron chi connectivity index (χ0n) is 9.58. The zero-order valence-corrected chi connectivity index (χ0v) is 9.58. The third-order valence-corrected chi connectivity index (χ3v) is 2.76. The largest absolute Gasteiger partial charge is 0.342 e. The molecule has 2 aromatic rings. The minimum atomic E-state index is 1.05. The average Bonchev–Trinajstić information content (AvgIpc) is 2.71. The molecule has 2 rings (SSSR count). The minimum absolute atomic E-state index is 1.05. The van der Waals surface area contributed by atoms with Gasteiger partial charge in [0.05, 0.1) is 11.0 Å². The molecule has 0 bridgehead atoms. The Bertz CT molecular complexity index is 423. The Labute approximate surface area is 96.4 Å². The van der Waals surface area contributed by atoms with Crippen LogP contribution in [0.4, 0.5) is 0 Å². The monoisotopic (exact) mass is 214 g/mol. The topological polar surface area (TPSA) is 28.7 Å². The van der Waals surface area contributed by atoms with Gasteiger partial charge in [-0.15, -0.1) is 6.58 Å². The lowest BCUT2D eigenvalue weighted by Gasteiger charge is -1.96. The van der Waals surface area contributed by atoms with Crippen molar-refractivity contribution in [3.8, 4) is 0 Å². The van der Waals surface area contributed by atoms with Crippen molar-refractivity contribution in [2.24, 2.45) is 0 Å². The molecular weight excluding hydrogens is 196 g/mol. The Hall–Kier alpha value is -1.57. The van der Waals surface area contributed by atoms with E-state index in [2.05, 4.69) is 22.6 Å². The molecule has 0 radical (unpaired) electrons. The van der Waals surface area contributed by atoms with Gasteiger partial charge in [0, 0.05) is 6.42 Å². The molecule has 1 N–H and O–H groups in total. The molecular formula is C14H18N2. The molecule has 1 heterocycles. The summed E-state index contributed by atoms with van der Waals surface area (Å²) in [7, 11) is 0. The number of nitrogens with one attached hydrogen (secondary N) is 1. The fourth-order valence-corrected chi connectivity index (χ4v) is 1.88. The highest BCUT2D eigenvalue weighted by molar-refractivity contribution is 5.74. The number of allylic oxidation sites excluding steroid dienone is 1. The van der Waals surface area contributed by atoms with Crippen LogP contribution in [0.15, 0.2) is 36.9 Å². The maximum Gasteiger partial charge on any atom is 0.107 e. The molecule has 0 saturated carbocycles. The maximum atomic E-state index is 4.55. The van der Waals surface area contributed by atoms with Gasteiger partial charge in [0.1, 0.15) is 5.82 Å². The van der Waals surface area contributed by atoms with Crippen molar-refractivity contribution in [1.82, 2.24) is 9.97 Å². The molecule has 2 heteroatoms. The fourth-order valence-electron chi connectivity index (χ4n) is 1.88. The summed E-state index contributed by atoms with van der Waals surface area (Å²) >= 11 is 0. The minimum Gasteiger partial charge on any atom is -0.342 e. The second-order valence-corrected chi connectivity index (χ2v) is 4.09. The molecule has 0 aliphatic rings. The van der Waals surface area contributed by atoms with E-state index in [4.69, 9.17) is 0 Å². The molecule has 2 nitrogen and oxygen atoms in total. The number of aromatic amines is 1. The lowest BCUT2D eigenvalue weighted by Crippen LogP contribution is -1.88. The summed E-state index contributed by atoms with van der Waals surface area (Å²) in [5.41, 5.74) is 2.21. The smallest absolute Gasteiger partial charge is 0.107 e. The Balaban J connectivity index is 1.87. The first-order valence-corrected chi connectivity index (χ1v) is 5.94. The second-order valence-electron chi connectivity index (χ2n) is 4.09. The van der Waals surface area contributed by atoms with Crippen LogP contribution in [0.25, 0.3) is 11.0 Å². The Morgan fingerprint density at radius 2 is 2.06 bits per heavy atom. The van der Waals surface area contributed by atoms with Crippen molar-refractivity contribution >= 4 is 11.0 Å². The maximum absolute atomic E-state index is 4.55. The Morgan fingerprint density at radius 3 is 2.88 bits per heavy atom. The van der Waals surface area contributed by atoms with Gasteiger partial charge in [0.15, 0.2) is 0 Å². The van der Waals surface area contributed by atoms with E-state index in [-0.39, 0.29) is 0 Å². The van der Waals surface area contributed by atoms with Gasteiger partial charge >= 0.3 is 0 Å². The number of para-hydroxylation sites is 2. The number of benzene rings is 1. The number of fused-ring (bicyclic) bond motifs is 1. The van der Waals surface area contributed by atoms with Crippen molar-refractivity contribution in [3.05, 3.63) is 42.7 Å². The molecule has 0 aliphatic carbocycles. The normalized spacial score (nSPS) is 10.8. The van der Waals surface area contributed by atoms with E-state index in [9.17, 15) is 0 Å². The number of aromatic nitrogens is 2. The number of nitrogens with zero attached hydrogens (tertiary/aromatic N) is 1. The third kappa shape index (κ3) is 2.72. The predicted molar refractivity (Wildman–Crippen MR) is 68.5 cm³/mol. The third-order valence-electron chi connectivity index (χ3n) is 2.76. The van der Waals surface area contributed by atoms with Crippen molar-refractivity contribution < 1.29 is 0 Å². The van der Waals surface area contributed by atoms with Crippen LogP contribution >= 0.6 is 0 Å². The summed E-state index contributed by atoms with van der Waals surface area (Å²) in [5, 5.41) is 0. The molecule has 0 fully saturated rings. The first kappa shape index (κ1) is 10.9. The SMILES string of the molecule is C=CCCCCCc1nc2ccccc2[nH]1. The number of imidazole rings is 1. The van der Waals surface area contributed by atoms with Gasteiger partial charge < -0.3 is 4.98 Å². The summed E-state index contributed by atoms with van der Waals surface area (Å²) in [4.78, 5) is 7.91. The van der Waals surface area contributed by atoms with Gasteiger partial charge in [-0.1, -0.05) is 24.6 Å². The number of hydrogen-bond donors (Lipinski definition) is 1. The Morgan fingerprint density at radius 1 is 1.19 bits per heavy atom. The van der Waals surface area contributed by atoms with E-state index in [0.717, 1.165) is 29.7 Å². The van der Waals surface area contributed by atoms with Gasteiger partial charge in [0.2, 0.25) is 0 Å². The zero-order chi connectivity index (χ0) is 11.2. The van der Waals surface area contributed by atoms with E-state index < -0.39 is 0 Å². The number of H-pyrrole nitrogens is 1. The molecule has 0 spiro atoms. The van der Waals surface area contributed by atoms with Gasteiger partial charge in [0.25, 0.3) is 0 Å². The average molecular weight is 214 g/mol. The van der Waals surface area contributed by atoms with Gasteiger partial charge in [-0.25, -0.2) is 4.98 Å². The summed E-state index contributed by atoms with van der Waals surface area (Å²) < 4.78 is 0. The lowest BCUT2D eigenvalue weighted by atomic mass is 10.1. The van der Waals surface area contributed by atoms with Gasteiger partial charge in [-0.2, -0.15) is 0 Å². The molecule has 0 aliphatic heterocycles. The van der Waals surface area contributed by atoms with Gasteiger partial charge in [-0.05, 0) is 31.4 Å². The van der Waals surface area contributed by atoms with Crippen LogP contribution < -0.4 is 0 Å². The number of rotatable bonds is 6. The molecule has 0 unspecified atom stereocenters. The molecule has 0 atom stereocenters. The van der Waals surface area contributed by atoms with Crippen LogP contribution in [0.2, 0.25) is 0 Å². The van der Waals surface area contributed by atoms with Crippen LogP contribution in [0.5, 0.6) is 0 Å². The van der Waals surface area contributed by atoms with E-state index in [1.54, 1.807) is 0 Å². The molecule has 16 heavy (non-hydrogen) atoms. The van der Waals surface area contributed by atoms with Crippen molar-refractivity contribution in [1.29, 1.82) is 0 Å². The Kier molecular flexibility index (Phi) is 3.76. The van der Waals surface area contributed by atoms with Crippen molar-refractivity contribution in [3.63, 3.8) is 0 Å². The quantitative estimate of drug-likeness (QED) is 0.574. The summed E-state index contributed by atoms with van der Waals surface area (Å²) in [6.07, 6.45) is 7.85. The van der Waals surface area contributed by atoms with Crippen LogP contribution in [0.3, 0.4) is 0 Å². The fraction of sp³-hybridized carbons (Fsp3) is 0.357. The van der Waals surface area contributed by atoms with Crippen LogP contribution in [0.1, 0.15) is 31.5 Å². The molecule has 84 valence electrons. The predicted octanol–water partition coefficient (Wildman–Crippen LogP) is 3.85. The highest BCUT2D eigenvalue weighted by atomic mass is 14.9. The van der Waals surface area contributed by atoms with Crippen LogP contribution in [-0.4, -0.2) is 9.97 Å². The highest BCUT2D eigenvalue weighted by Crippen LogP contribution is 2.12. The van der Waals surface area contributed by atoms with E-state index in [1.807, 2.05) is 24.3 Å². The highest BCUT2D eigenvalue weighted by Gasteiger charge is 2.00. The second kappa shape index (κ2) is 5.50. The molecule has 0 amide bonds. The van der Waals surface area contributed by atoms with E-state index in [1.165, 1.54) is 19.3 Å². The van der Waals surface area contributed by atoms with Crippen molar-refractivity contribution in [2.45, 2.75) is 32.1 Å². The first-order valence-electron chi connectivity index (χ1n) is 5.94. The molecule has 1 aromatic carbocycles. The van der Waals surface area contributed by atoms with E-state index >= 15 is 0 Å². The van der Waals surface area contributed by atoms with Crippen LogP contribution in [0, 0.1) is 0 Å². The number of hydrogen-bond acceptors (Lipinski definition) is 1. The van der Waals surface area contributed by atoms with Crippen LogP contribution in [-0.2, 0) is 6.42 Å². The van der Waals surface area contributed by atoms with Gasteiger partial charge in [-0.3, -0.25) is 0 Å². The first-order chi connectivity index (χ1) is 7.90. The number of aryl methyl sites for hydroxylation is 1. The lowest BCUT2D eigenvalue weighted by molar-refractivity contribution is 0.674. The van der Waals surface area contributed by atoms with E-state index in [0.29, 0.717) is 0 Å². The standard InChI is InChI=1S/C14H18N2/c1-2-3-4-5-6-11-14-15-12-9-7-8-10-13(12)16-14/h2,7-10H,1,3-6,11H2,(H,15,16).